The number of aromatic nitrogens is 2. The number of amides is 1. The van der Waals surface area contributed by atoms with Gasteiger partial charge in [-0.2, -0.15) is 5.48 Å². The molecule has 10 heteroatoms. The van der Waals surface area contributed by atoms with Crippen molar-refractivity contribution in [3.05, 3.63) is 113 Å². The minimum atomic E-state index is -0.282. The van der Waals surface area contributed by atoms with E-state index in [-0.39, 0.29) is 16.7 Å². The fraction of sp³-hybridized carbons (Fsp3) is 0.351. The molecule has 0 spiro atoms. The number of benzene rings is 3. The number of hydrazine groups is 1. The highest BCUT2D eigenvalue weighted by atomic mass is 16.7. The molecular formula is C37H49N7O3. The number of nitrogens with zero attached hydrogens (tertiary/aromatic N) is 3. The number of methoxy groups -OCH3 is 1. The van der Waals surface area contributed by atoms with Crippen LogP contribution in [0.15, 0.2) is 78.8 Å². The van der Waals surface area contributed by atoms with Crippen LogP contribution in [0.5, 0.6) is 11.5 Å². The highest BCUT2D eigenvalue weighted by molar-refractivity contribution is 6.06. The summed E-state index contributed by atoms with van der Waals surface area (Å²) in [7, 11) is 5.29. The van der Waals surface area contributed by atoms with Crippen molar-refractivity contribution < 1.29 is 14.4 Å². The molecule has 1 fully saturated rings. The van der Waals surface area contributed by atoms with Gasteiger partial charge in [-0.3, -0.25) is 9.80 Å². The van der Waals surface area contributed by atoms with Crippen molar-refractivity contribution in [1.29, 1.82) is 0 Å². The van der Waals surface area contributed by atoms with Gasteiger partial charge in [0.25, 0.3) is 5.91 Å². The zero-order valence-electron chi connectivity index (χ0n) is 29.1. The molecule has 0 saturated heterocycles. The van der Waals surface area contributed by atoms with Gasteiger partial charge in [0, 0.05) is 48.9 Å². The summed E-state index contributed by atoms with van der Waals surface area (Å²) in [6, 6.07) is 19.8. The summed E-state index contributed by atoms with van der Waals surface area (Å²) >= 11 is 0. The molecule has 1 aliphatic carbocycles. The summed E-state index contributed by atoms with van der Waals surface area (Å²) in [6.45, 7) is 12.4. The van der Waals surface area contributed by atoms with E-state index in [4.69, 9.17) is 21.2 Å². The number of aryl methyl sites for hydroxylation is 2. The number of nitrogens with two attached hydrogens (primary N) is 2. The second-order valence-electron chi connectivity index (χ2n) is 12.9. The van der Waals surface area contributed by atoms with Crippen molar-refractivity contribution >= 4 is 17.3 Å². The Morgan fingerprint density at radius 3 is 2.34 bits per heavy atom. The topological polar surface area (TPSA) is 133 Å². The van der Waals surface area contributed by atoms with Crippen LogP contribution < -0.4 is 37.0 Å². The predicted molar refractivity (Wildman–Crippen MR) is 190 cm³/mol. The molecule has 4 aromatic rings. The Bertz CT molecular complexity index is 1740. The Hall–Kier alpha value is -4.80. The Labute approximate surface area is 278 Å². The molecule has 1 saturated carbocycles. The Morgan fingerprint density at radius 1 is 1.11 bits per heavy atom. The number of nitrogens with one attached hydrogen (secondary N) is 2. The SMILES string of the molecule is CNOc1cc(C2(C)CC2)cc(NC(=O)c2ccc(C)c(N(N)/C=C(/C)N)c2)c1OC.Cc1cnc(C(C)(C)c2ccccc2)n1C. The molecule has 1 heterocycles. The largest absolute Gasteiger partial charge is 0.491 e. The predicted octanol–water partition coefficient (Wildman–Crippen LogP) is 6.38. The highest BCUT2D eigenvalue weighted by Gasteiger charge is 2.40. The van der Waals surface area contributed by atoms with E-state index < -0.39 is 0 Å². The van der Waals surface area contributed by atoms with Crippen LogP contribution in [0.1, 0.15) is 79.1 Å². The second-order valence-corrected chi connectivity index (χ2v) is 12.9. The number of hydrogen-bond acceptors (Lipinski definition) is 8. The van der Waals surface area contributed by atoms with Crippen molar-refractivity contribution in [2.45, 2.75) is 65.2 Å². The normalized spacial score (nSPS) is 13.7. The molecule has 0 atom stereocenters. The zero-order valence-corrected chi connectivity index (χ0v) is 29.1. The van der Waals surface area contributed by atoms with Crippen LogP contribution >= 0.6 is 0 Å². The van der Waals surface area contributed by atoms with E-state index in [2.05, 4.69) is 79.4 Å². The van der Waals surface area contributed by atoms with Crippen LogP contribution in [-0.2, 0) is 17.9 Å². The molecular weight excluding hydrogens is 590 g/mol. The minimum Gasteiger partial charge on any atom is -0.491 e. The number of allylic oxidation sites excluding steroid dienone is 1. The van der Waals surface area contributed by atoms with Crippen molar-refractivity contribution in [2.24, 2.45) is 18.6 Å². The molecule has 0 bridgehead atoms. The lowest BCUT2D eigenvalue weighted by Crippen LogP contribution is -2.27. The number of carbonyl (C=O) groups excluding carboxylic acids is 1. The lowest BCUT2D eigenvalue weighted by atomic mass is 9.84. The highest BCUT2D eigenvalue weighted by Crippen LogP contribution is 2.51. The third kappa shape index (κ3) is 7.96. The van der Waals surface area contributed by atoms with Crippen molar-refractivity contribution in [2.75, 3.05) is 24.5 Å². The van der Waals surface area contributed by atoms with Gasteiger partial charge in [0.1, 0.15) is 5.82 Å². The maximum Gasteiger partial charge on any atom is 0.255 e. The fourth-order valence-electron chi connectivity index (χ4n) is 5.49. The number of carbonyl (C=O) groups is 1. The molecule has 0 aliphatic heterocycles. The van der Waals surface area contributed by atoms with Gasteiger partial charge in [0.2, 0.25) is 0 Å². The van der Waals surface area contributed by atoms with E-state index in [0.29, 0.717) is 34.1 Å². The minimum absolute atomic E-state index is 0.0513. The summed E-state index contributed by atoms with van der Waals surface area (Å²) in [4.78, 5) is 23.2. The maximum absolute atomic E-state index is 13.1. The van der Waals surface area contributed by atoms with Gasteiger partial charge in [-0.1, -0.05) is 43.3 Å². The molecule has 0 radical (unpaired) electrons. The number of anilines is 2. The number of rotatable bonds is 10. The van der Waals surface area contributed by atoms with Crippen molar-refractivity contribution in [3.63, 3.8) is 0 Å². The first-order chi connectivity index (χ1) is 22.2. The molecule has 5 rings (SSSR count). The molecule has 6 N–H and O–H groups in total. The Morgan fingerprint density at radius 2 is 1.79 bits per heavy atom. The summed E-state index contributed by atoms with van der Waals surface area (Å²) < 4.78 is 7.71. The summed E-state index contributed by atoms with van der Waals surface area (Å²) in [5, 5.41) is 4.38. The lowest BCUT2D eigenvalue weighted by Gasteiger charge is -2.25. The van der Waals surface area contributed by atoms with Crippen LogP contribution in [0.2, 0.25) is 0 Å². The number of hydrogen-bond donors (Lipinski definition) is 4. The van der Waals surface area contributed by atoms with E-state index >= 15 is 0 Å². The third-order valence-electron chi connectivity index (χ3n) is 8.78. The van der Waals surface area contributed by atoms with Crippen molar-refractivity contribution in [1.82, 2.24) is 15.0 Å². The van der Waals surface area contributed by atoms with Crippen molar-refractivity contribution in [3.8, 4) is 11.5 Å². The van der Waals surface area contributed by atoms with Gasteiger partial charge < -0.3 is 25.2 Å². The van der Waals surface area contributed by atoms with E-state index in [1.54, 1.807) is 39.4 Å². The molecule has 47 heavy (non-hydrogen) atoms. The summed E-state index contributed by atoms with van der Waals surface area (Å²) in [6.07, 6.45) is 5.72. The number of hydroxylamine groups is 1. The van der Waals surface area contributed by atoms with Crippen LogP contribution in [0.3, 0.4) is 0 Å². The molecule has 0 unspecified atom stereocenters. The molecule has 1 aromatic heterocycles. The van der Waals surface area contributed by atoms with E-state index in [1.807, 2.05) is 37.4 Å². The van der Waals surface area contributed by atoms with Crippen LogP contribution in [0, 0.1) is 13.8 Å². The second kappa shape index (κ2) is 14.3. The van der Waals surface area contributed by atoms with E-state index in [0.717, 1.165) is 29.8 Å². The molecule has 3 aromatic carbocycles. The first kappa shape index (κ1) is 35.1. The van der Waals surface area contributed by atoms with E-state index in [1.165, 1.54) is 16.3 Å². The van der Waals surface area contributed by atoms with Gasteiger partial charge in [-0.25, -0.2) is 10.8 Å². The standard InChI is InChI=1S/C23H31N5O3.C14H18N2/c1-14-6-7-16(10-19(14)28(25)13-15(2)24)22(29)27-18-11-17(23(3)8-9-23)12-20(31-26-4)21(18)30-5;1-11-10-15-13(16(11)4)14(2,3)12-8-6-5-7-9-12/h6-7,10-13,26H,8-9,24-25H2,1-5H3,(H,27,29);5-10H,1-4H3/b15-13-;. The lowest BCUT2D eigenvalue weighted by molar-refractivity contribution is 0.102. The average Bonchev–Trinajstić information content (AvgIpc) is 3.70. The quantitative estimate of drug-likeness (QED) is 0.116. The van der Waals surface area contributed by atoms with Gasteiger partial charge >= 0.3 is 0 Å². The van der Waals surface area contributed by atoms with Gasteiger partial charge in [0.15, 0.2) is 11.5 Å². The summed E-state index contributed by atoms with van der Waals surface area (Å²) in [5.74, 6) is 7.89. The monoisotopic (exact) mass is 639 g/mol. The smallest absolute Gasteiger partial charge is 0.255 e. The zero-order chi connectivity index (χ0) is 34.5. The average molecular weight is 640 g/mol. The molecule has 250 valence electrons. The number of ether oxygens (including phenoxy) is 1. The number of imidazole rings is 1. The molecule has 1 amide bonds. The summed E-state index contributed by atoms with van der Waals surface area (Å²) in [5.41, 5.74) is 15.2. The van der Waals surface area contributed by atoms with Crippen LogP contribution in [0.25, 0.3) is 0 Å². The van der Waals surface area contributed by atoms with Crippen LogP contribution in [-0.4, -0.2) is 29.6 Å². The maximum atomic E-state index is 13.1. The van der Waals surface area contributed by atoms with E-state index in [9.17, 15) is 4.79 Å². The van der Waals surface area contributed by atoms with Gasteiger partial charge in [0.05, 0.1) is 18.5 Å². The Balaban J connectivity index is 0.000000261. The van der Waals surface area contributed by atoms with Crippen LogP contribution in [0.4, 0.5) is 11.4 Å². The molecule has 1 aliphatic rings. The van der Waals surface area contributed by atoms with Gasteiger partial charge in [-0.15, -0.1) is 0 Å². The third-order valence-corrected chi connectivity index (χ3v) is 8.78. The Kier molecular flexibility index (Phi) is 10.7. The first-order valence-corrected chi connectivity index (χ1v) is 15.7. The first-order valence-electron chi connectivity index (χ1n) is 15.7. The van der Waals surface area contributed by atoms with Gasteiger partial charge in [-0.05, 0) is 93.8 Å². The fourth-order valence-corrected chi connectivity index (χ4v) is 5.49. The molecule has 10 nitrogen and oxygen atoms in total.